The number of amides is 1. The highest BCUT2D eigenvalue weighted by Gasteiger charge is 2.20. The lowest BCUT2D eigenvalue weighted by molar-refractivity contribution is -0.122. The summed E-state index contributed by atoms with van der Waals surface area (Å²) in [6, 6.07) is 19.2. The van der Waals surface area contributed by atoms with Crippen LogP contribution in [0.25, 0.3) is 0 Å². The second-order valence-corrected chi connectivity index (χ2v) is 7.43. The van der Waals surface area contributed by atoms with Gasteiger partial charge in [0.2, 0.25) is 5.91 Å². The summed E-state index contributed by atoms with van der Waals surface area (Å²) in [7, 11) is 0. The van der Waals surface area contributed by atoms with Crippen molar-refractivity contribution in [3.05, 3.63) is 59.7 Å². The topological polar surface area (TPSA) is 89.2 Å². The molecular weight excluding hydrogens is 376 g/mol. The minimum absolute atomic E-state index is 0.0956. The van der Waals surface area contributed by atoms with Gasteiger partial charge in [-0.1, -0.05) is 6.07 Å². The van der Waals surface area contributed by atoms with Gasteiger partial charge >= 0.3 is 0 Å². The molecule has 0 bridgehead atoms. The predicted molar refractivity (Wildman–Crippen MR) is 115 cm³/mol. The third-order valence-corrected chi connectivity index (χ3v) is 5.25. The minimum atomic E-state index is 0.0956. The van der Waals surface area contributed by atoms with Crippen LogP contribution in [0.2, 0.25) is 0 Å². The van der Waals surface area contributed by atoms with Crippen LogP contribution in [0.3, 0.4) is 0 Å². The van der Waals surface area contributed by atoms with Crippen molar-refractivity contribution in [2.75, 3.05) is 24.6 Å². The van der Waals surface area contributed by atoms with Gasteiger partial charge in [0.15, 0.2) is 0 Å². The number of hydrogen-bond acceptors (Lipinski definition) is 5. The van der Waals surface area contributed by atoms with E-state index in [1.807, 2.05) is 30.3 Å². The quantitative estimate of drug-likeness (QED) is 0.679. The number of hydrogen-bond donors (Lipinski definition) is 1. The zero-order valence-electron chi connectivity index (χ0n) is 17.0. The van der Waals surface area contributed by atoms with Crippen molar-refractivity contribution in [1.29, 1.82) is 10.5 Å². The molecule has 0 saturated carbocycles. The molecule has 1 amide bonds. The summed E-state index contributed by atoms with van der Waals surface area (Å²) >= 11 is 0. The van der Waals surface area contributed by atoms with Crippen LogP contribution >= 0.6 is 0 Å². The summed E-state index contributed by atoms with van der Waals surface area (Å²) in [5.74, 6) is 0.783. The molecule has 0 atom stereocenters. The fraction of sp³-hybridized carbons (Fsp3) is 0.375. The first-order valence-electron chi connectivity index (χ1n) is 10.4. The molecule has 2 aromatic rings. The van der Waals surface area contributed by atoms with E-state index in [0.29, 0.717) is 29.9 Å². The van der Waals surface area contributed by atoms with Crippen molar-refractivity contribution in [3.63, 3.8) is 0 Å². The van der Waals surface area contributed by atoms with Crippen molar-refractivity contribution in [3.8, 4) is 17.9 Å². The number of nitrogens with zero attached hydrogens (tertiary/aromatic N) is 3. The normalized spacial score (nSPS) is 13.9. The number of nitriles is 2. The van der Waals surface area contributed by atoms with Gasteiger partial charge in [0.25, 0.3) is 0 Å². The van der Waals surface area contributed by atoms with Gasteiger partial charge in [-0.15, -0.1) is 0 Å². The van der Waals surface area contributed by atoms with E-state index in [1.165, 1.54) is 0 Å². The van der Waals surface area contributed by atoms with Crippen molar-refractivity contribution in [2.45, 2.75) is 38.1 Å². The van der Waals surface area contributed by atoms with Gasteiger partial charge in [0.05, 0.1) is 29.9 Å². The molecule has 6 heteroatoms. The van der Waals surface area contributed by atoms with E-state index in [2.05, 4.69) is 22.4 Å². The molecule has 1 aliphatic heterocycles. The van der Waals surface area contributed by atoms with E-state index in [4.69, 9.17) is 15.3 Å². The van der Waals surface area contributed by atoms with Crippen LogP contribution in [0, 0.1) is 22.7 Å². The maximum absolute atomic E-state index is 12.2. The Kier molecular flexibility index (Phi) is 7.69. The van der Waals surface area contributed by atoms with E-state index in [9.17, 15) is 4.79 Å². The molecule has 1 heterocycles. The summed E-state index contributed by atoms with van der Waals surface area (Å²) in [6.07, 6.45) is 3.90. The minimum Gasteiger partial charge on any atom is -0.494 e. The highest BCUT2D eigenvalue weighted by molar-refractivity contribution is 5.76. The van der Waals surface area contributed by atoms with Crippen LogP contribution in [0.5, 0.6) is 5.75 Å². The summed E-state index contributed by atoms with van der Waals surface area (Å²) < 4.78 is 5.64. The third kappa shape index (κ3) is 6.25. The number of benzene rings is 2. The molecule has 0 unspecified atom stereocenters. The molecular formula is C24H26N4O2. The lowest BCUT2D eigenvalue weighted by Crippen LogP contribution is -2.44. The zero-order chi connectivity index (χ0) is 21.2. The molecule has 0 aromatic heterocycles. The fourth-order valence-electron chi connectivity index (χ4n) is 3.56. The smallest absolute Gasteiger partial charge is 0.220 e. The highest BCUT2D eigenvalue weighted by Crippen LogP contribution is 2.20. The van der Waals surface area contributed by atoms with Gasteiger partial charge in [-0.2, -0.15) is 10.5 Å². The van der Waals surface area contributed by atoms with Gasteiger partial charge in [0.1, 0.15) is 5.75 Å². The Morgan fingerprint density at radius 2 is 1.77 bits per heavy atom. The first-order valence-corrected chi connectivity index (χ1v) is 10.4. The van der Waals surface area contributed by atoms with E-state index in [1.54, 1.807) is 18.2 Å². The summed E-state index contributed by atoms with van der Waals surface area (Å²) in [5, 5.41) is 20.9. The number of piperidine rings is 1. The SMILES string of the molecule is N#Cc1ccc(N2CCC(NC(=O)CCCCOc3cccc(C#N)c3)CC2)cc1. The zero-order valence-corrected chi connectivity index (χ0v) is 17.0. The molecule has 3 rings (SSSR count). The molecule has 1 saturated heterocycles. The van der Waals surface area contributed by atoms with Gasteiger partial charge < -0.3 is 15.0 Å². The molecule has 0 radical (unpaired) electrons. The molecule has 1 N–H and O–H groups in total. The average Bonchev–Trinajstić information content (AvgIpc) is 2.79. The second-order valence-electron chi connectivity index (χ2n) is 7.43. The highest BCUT2D eigenvalue weighted by atomic mass is 16.5. The van der Waals surface area contributed by atoms with Gasteiger partial charge in [-0.3, -0.25) is 4.79 Å². The average molecular weight is 402 g/mol. The largest absolute Gasteiger partial charge is 0.494 e. The number of rotatable bonds is 8. The number of carbonyl (C=O) groups is 1. The Bertz CT molecular complexity index is 919. The number of anilines is 1. The summed E-state index contributed by atoms with van der Waals surface area (Å²) in [5.41, 5.74) is 2.37. The van der Waals surface area contributed by atoms with Crippen LogP contribution < -0.4 is 15.0 Å². The van der Waals surface area contributed by atoms with Crippen LogP contribution in [0.1, 0.15) is 43.2 Å². The number of carbonyl (C=O) groups excluding carboxylic acids is 1. The Morgan fingerprint density at radius 1 is 1.03 bits per heavy atom. The van der Waals surface area contributed by atoms with Crippen molar-refractivity contribution < 1.29 is 9.53 Å². The number of unbranched alkanes of at least 4 members (excludes halogenated alkanes) is 1. The standard InChI is InChI=1S/C24H26N4O2/c25-17-19-7-9-22(10-8-19)28-13-11-21(12-14-28)27-24(29)6-1-2-15-30-23-5-3-4-20(16-23)18-26/h3-5,7-10,16,21H,1-2,6,11-15H2,(H,27,29). The van der Waals surface area contributed by atoms with E-state index in [-0.39, 0.29) is 11.9 Å². The van der Waals surface area contributed by atoms with Crippen molar-refractivity contribution in [1.82, 2.24) is 5.32 Å². The molecule has 30 heavy (non-hydrogen) atoms. The lowest BCUT2D eigenvalue weighted by Gasteiger charge is -2.34. The van der Waals surface area contributed by atoms with E-state index < -0.39 is 0 Å². The molecule has 1 aliphatic rings. The monoisotopic (exact) mass is 402 g/mol. The summed E-state index contributed by atoms with van der Waals surface area (Å²) in [4.78, 5) is 14.5. The van der Waals surface area contributed by atoms with Crippen LogP contribution in [0.15, 0.2) is 48.5 Å². The first kappa shape index (κ1) is 21.2. The van der Waals surface area contributed by atoms with E-state index in [0.717, 1.165) is 44.5 Å². The Hall–Kier alpha value is -3.51. The summed E-state index contributed by atoms with van der Waals surface area (Å²) in [6.45, 7) is 2.32. The van der Waals surface area contributed by atoms with Gasteiger partial charge in [-0.05, 0) is 68.1 Å². The predicted octanol–water partition coefficient (Wildman–Crippen LogP) is 3.76. The maximum atomic E-state index is 12.2. The fourth-order valence-corrected chi connectivity index (χ4v) is 3.56. The molecule has 154 valence electrons. The van der Waals surface area contributed by atoms with E-state index >= 15 is 0 Å². The molecule has 1 fully saturated rings. The molecule has 0 aliphatic carbocycles. The third-order valence-electron chi connectivity index (χ3n) is 5.25. The van der Waals surface area contributed by atoms with Gasteiger partial charge in [0, 0.05) is 31.2 Å². The van der Waals surface area contributed by atoms with Crippen molar-refractivity contribution in [2.24, 2.45) is 0 Å². The first-order chi connectivity index (χ1) is 14.7. The molecule has 6 nitrogen and oxygen atoms in total. The Morgan fingerprint density at radius 3 is 2.47 bits per heavy atom. The second kappa shape index (κ2) is 10.9. The lowest BCUT2D eigenvalue weighted by atomic mass is 10.0. The molecule has 2 aromatic carbocycles. The van der Waals surface area contributed by atoms with Crippen LogP contribution in [0.4, 0.5) is 5.69 Å². The number of nitrogens with one attached hydrogen (secondary N) is 1. The number of ether oxygens (including phenoxy) is 1. The maximum Gasteiger partial charge on any atom is 0.220 e. The Balaban J connectivity index is 1.30. The van der Waals surface area contributed by atoms with Crippen LogP contribution in [-0.2, 0) is 4.79 Å². The molecule has 0 spiro atoms. The Labute approximate surface area is 177 Å². The van der Waals surface area contributed by atoms with Crippen LogP contribution in [-0.4, -0.2) is 31.6 Å². The van der Waals surface area contributed by atoms with Gasteiger partial charge in [-0.25, -0.2) is 0 Å². The van der Waals surface area contributed by atoms with Crippen molar-refractivity contribution >= 4 is 11.6 Å².